The summed E-state index contributed by atoms with van der Waals surface area (Å²) in [5.74, 6) is -3.42. The number of alkyl halides is 2. The molecule has 5 nitrogen and oxygen atoms in total. The van der Waals surface area contributed by atoms with Gasteiger partial charge in [0.05, 0.1) is 16.3 Å². The Labute approximate surface area is 149 Å². The molecule has 1 fully saturated rings. The van der Waals surface area contributed by atoms with Crippen LogP contribution in [0.5, 0.6) is 0 Å². The molecular weight excluding hydrogens is 368 g/mol. The molecule has 2 heterocycles. The van der Waals surface area contributed by atoms with Crippen molar-refractivity contribution >= 4 is 32.0 Å². The first-order chi connectivity index (χ1) is 11.9. The number of para-hydroxylation sites is 1. The maximum atomic E-state index is 13.0. The topological polar surface area (TPSA) is 53.5 Å². The SMILES string of the molecule is Cc1csc(N2CCCN(c3ccccc3S(=O)(=O)C(F)F)CC2)n1. The average molecular weight is 387 g/mol. The normalized spacial score (nSPS) is 16.3. The van der Waals surface area contributed by atoms with Gasteiger partial charge < -0.3 is 9.80 Å². The number of nitrogens with zero attached hydrogens (tertiary/aromatic N) is 3. The molecule has 1 aromatic heterocycles. The van der Waals surface area contributed by atoms with Gasteiger partial charge in [-0.25, -0.2) is 13.4 Å². The number of aryl methyl sites for hydroxylation is 1. The number of hydrogen-bond donors (Lipinski definition) is 0. The highest BCUT2D eigenvalue weighted by molar-refractivity contribution is 7.91. The number of rotatable bonds is 4. The molecule has 1 aliphatic rings. The second-order valence-electron chi connectivity index (χ2n) is 5.87. The Morgan fingerprint density at radius 3 is 2.48 bits per heavy atom. The fourth-order valence-electron chi connectivity index (χ4n) is 2.89. The summed E-state index contributed by atoms with van der Waals surface area (Å²) < 4.78 is 49.9. The lowest BCUT2D eigenvalue weighted by Crippen LogP contribution is -2.31. The van der Waals surface area contributed by atoms with Crippen LogP contribution in [0.3, 0.4) is 0 Å². The van der Waals surface area contributed by atoms with Gasteiger partial charge in [0.1, 0.15) is 0 Å². The van der Waals surface area contributed by atoms with Crippen LogP contribution >= 0.6 is 11.3 Å². The predicted molar refractivity (Wildman–Crippen MR) is 95.5 cm³/mol. The minimum atomic E-state index is -4.63. The van der Waals surface area contributed by atoms with Gasteiger partial charge in [0.25, 0.3) is 0 Å². The van der Waals surface area contributed by atoms with Crippen molar-refractivity contribution in [3.63, 3.8) is 0 Å². The lowest BCUT2D eigenvalue weighted by molar-refractivity contribution is 0.235. The van der Waals surface area contributed by atoms with E-state index in [2.05, 4.69) is 9.88 Å². The number of halogens is 2. The van der Waals surface area contributed by atoms with E-state index in [1.54, 1.807) is 23.5 Å². The van der Waals surface area contributed by atoms with E-state index < -0.39 is 15.6 Å². The van der Waals surface area contributed by atoms with E-state index in [4.69, 9.17) is 0 Å². The minimum absolute atomic E-state index is 0.302. The third kappa shape index (κ3) is 3.77. The van der Waals surface area contributed by atoms with E-state index in [1.807, 2.05) is 17.2 Å². The van der Waals surface area contributed by atoms with Crippen molar-refractivity contribution in [2.24, 2.45) is 0 Å². The molecule has 136 valence electrons. The summed E-state index contributed by atoms with van der Waals surface area (Å²) in [6.45, 7) is 4.56. The lowest BCUT2D eigenvalue weighted by Gasteiger charge is -2.25. The summed E-state index contributed by atoms with van der Waals surface area (Å²) in [5, 5.41) is 2.93. The Morgan fingerprint density at radius 1 is 1.12 bits per heavy atom. The molecule has 1 aliphatic heterocycles. The highest BCUT2D eigenvalue weighted by Crippen LogP contribution is 2.30. The molecule has 0 spiro atoms. The van der Waals surface area contributed by atoms with Gasteiger partial charge in [-0.05, 0) is 25.5 Å². The summed E-state index contributed by atoms with van der Waals surface area (Å²) in [7, 11) is -4.63. The van der Waals surface area contributed by atoms with Gasteiger partial charge in [0.15, 0.2) is 5.13 Å². The molecule has 0 saturated carbocycles. The van der Waals surface area contributed by atoms with Crippen LogP contribution in [0.25, 0.3) is 0 Å². The first-order valence-corrected chi connectivity index (χ1v) is 10.4. The number of sulfone groups is 1. The maximum absolute atomic E-state index is 13.0. The smallest absolute Gasteiger partial charge is 0.341 e. The average Bonchev–Trinajstić information content (AvgIpc) is 2.87. The fraction of sp³-hybridized carbons (Fsp3) is 0.438. The molecule has 0 aliphatic carbocycles. The molecule has 25 heavy (non-hydrogen) atoms. The van der Waals surface area contributed by atoms with E-state index in [0.29, 0.717) is 25.3 Å². The van der Waals surface area contributed by atoms with Crippen molar-refractivity contribution in [1.29, 1.82) is 0 Å². The summed E-state index contributed by atoms with van der Waals surface area (Å²) in [5.41, 5.74) is 1.31. The quantitative estimate of drug-likeness (QED) is 0.807. The molecule has 9 heteroatoms. The third-order valence-corrected chi connectivity index (χ3v) is 6.57. The van der Waals surface area contributed by atoms with E-state index in [1.165, 1.54) is 12.1 Å². The number of aromatic nitrogens is 1. The van der Waals surface area contributed by atoms with Crippen LogP contribution in [0.4, 0.5) is 19.6 Å². The van der Waals surface area contributed by atoms with E-state index in [0.717, 1.165) is 23.8 Å². The molecule has 2 aromatic rings. The Hall–Kier alpha value is -1.74. The Balaban J connectivity index is 1.84. The zero-order valence-electron chi connectivity index (χ0n) is 13.7. The summed E-state index contributed by atoms with van der Waals surface area (Å²) in [6.07, 6.45) is 0.793. The Bertz CT molecular complexity index is 839. The predicted octanol–water partition coefficient (Wildman–Crippen LogP) is 3.16. The highest BCUT2D eigenvalue weighted by Gasteiger charge is 2.31. The number of anilines is 2. The zero-order chi connectivity index (χ0) is 18.0. The van der Waals surface area contributed by atoms with Gasteiger partial charge in [-0.3, -0.25) is 0 Å². The van der Waals surface area contributed by atoms with Crippen LogP contribution in [0.2, 0.25) is 0 Å². The van der Waals surface area contributed by atoms with Crippen molar-refractivity contribution in [3.05, 3.63) is 35.3 Å². The molecule has 0 radical (unpaired) electrons. The van der Waals surface area contributed by atoms with E-state index in [9.17, 15) is 17.2 Å². The maximum Gasteiger partial charge on any atom is 0.341 e. The molecule has 0 amide bonds. The Morgan fingerprint density at radius 2 is 1.80 bits per heavy atom. The van der Waals surface area contributed by atoms with Crippen LogP contribution in [-0.2, 0) is 9.84 Å². The standard InChI is InChI=1S/C16H19F2N3O2S2/c1-12-11-24-16(19-12)21-8-4-7-20(9-10-21)13-5-2-3-6-14(13)25(22,23)15(17)18/h2-3,5-6,11,15H,4,7-10H2,1H3. The summed E-state index contributed by atoms with van der Waals surface area (Å²) in [6, 6.07) is 6.00. The van der Waals surface area contributed by atoms with E-state index in [-0.39, 0.29) is 4.90 Å². The van der Waals surface area contributed by atoms with Crippen LogP contribution in [0, 0.1) is 6.92 Å². The number of hydrogen-bond acceptors (Lipinski definition) is 6. The van der Waals surface area contributed by atoms with Crippen molar-refractivity contribution in [2.45, 2.75) is 24.0 Å². The molecular formula is C16H19F2N3O2S2. The fourth-order valence-corrected chi connectivity index (χ4v) is 4.70. The Kier molecular flexibility index (Phi) is 5.24. The van der Waals surface area contributed by atoms with Crippen LogP contribution in [0.15, 0.2) is 34.5 Å². The van der Waals surface area contributed by atoms with Gasteiger partial charge >= 0.3 is 5.76 Å². The van der Waals surface area contributed by atoms with Crippen molar-refractivity contribution < 1.29 is 17.2 Å². The van der Waals surface area contributed by atoms with Crippen LogP contribution in [0.1, 0.15) is 12.1 Å². The number of benzene rings is 1. The minimum Gasteiger partial charge on any atom is -0.369 e. The molecule has 0 bridgehead atoms. The second-order valence-corrected chi connectivity index (χ2v) is 8.60. The van der Waals surface area contributed by atoms with Crippen LogP contribution < -0.4 is 9.80 Å². The second kappa shape index (κ2) is 7.25. The van der Waals surface area contributed by atoms with Gasteiger partial charge in [-0.2, -0.15) is 8.78 Å². The molecule has 1 saturated heterocycles. The van der Waals surface area contributed by atoms with Gasteiger partial charge in [0.2, 0.25) is 9.84 Å². The van der Waals surface area contributed by atoms with Gasteiger partial charge in [-0.15, -0.1) is 11.3 Å². The van der Waals surface area contributed by atoms with Gasteiger partial charge in [0, 0.05) is 31.6 Å². The highest BCUT2D eigenvalue weighted by atomic mass is 32.2. The molecule has 3 rings (SSSR count). The van der Waals surface area contributed by atoms with Gasteiger partial charge in [-0.1, -0.05) is 12.1 Å². The first kappa shape index (κ1) is 18.1. The third-order valence-electron chi connectivity index (χ3n) is 4.12. The lowest BCUT2D eigenvalue weighted by atomic mass is 10.2. The van der Waals surface area contributed by atoms with Crippen molar-refractivity contribution in [3.8, 4) is 0 Å². The molecule has 1 aromatic carbocycles. The van der Waals surface area contributed by atoms with Crippen molar-refractivity contribution in [2.75, 3.05) is 36.0 Å². The van der Waals surface area contributed by atoms with Crippen LogP contribution in [-0.4, -0.2) is 45.3 Å². The molecule has 0 N–H and O–H groups in total. The largest absolute Gasteiger partial charge is 0.369 e. The summed E-state index contributed by atoms with van der Waals surface area (Å²) in [4.78, 5) is 8.21. The number of thiazole rings is 1. The van der Waals surface area contributed by atoms with Crippen molar-refractivity contribution in [1.82, 2.24) is 4.98 Å². The van der Waals surface area contributed by atoms with E-state index >= 15 is 0 Å². The first-order valence-electron chi connectivity index (χ1n) is 7.92. The molecule has 0 unspecified atom stereocenters. The zero-order valence-corrected chi connectivity index (χ0v) is 15.4. The monoisotopic (exact) mass is 387 g/mol. The molecule has 0 atom stereocenters. The summed E-state index contributed by atoms with van der Waals surface area (Å²) >= 11 is 1.57.